The van der Waals surface area contributed by atoms with Crippen molar-refractivity contribution >= 4 is 26.0 Å². The fourth-order valence-corrected chi connectivity index (χ4v) is 2.62. The first kappa shape index (κ1) is 13.6. The average Bonchev–Trinajstić information content (AvgIpc) is 2.17. The lowest BCUT2D eigenvalue weighted by atomic mass is 10.3. The van der Waals surface area contributed by atoms with Crippen LogP contribution in [0.1, 0.15) is 19.8 Å². The number of sulfonamides is 1. The molecule has 0 aliphatic rings. The number of halogens is 2. The van der Waals surface area contributed by atoms with Crippen LogP contribution in [0.4, 0.5) is 4.39 Å². The van der Waals surface area contributed by atoms with Crippen LogP contribution in [0.2, 0.25) is 0 Å². The van der Waals surface area contributed by atoms with Gasteiger partial charge in [0.2, 0.25) is 10.0 Å². The SMILES string of the molecule is CCCCNS(=O)(=O)c1ccc(Br)cc1F. The van der Waals surface area contributed by atoms with Crippen molar-refractivity contribution in [3.63, 3.8) is 0 Å². The van der Waals surface area contributed by atoms with Gasteiger partial charge < -0.3 is 0 Å². The van der Waals surface area contributed by atoms with Crippen molar-refractivity contribution < 1.29 is 12.8 Å². The topological polar surface area (TPSA) is 46.2 Å². The third-order valence-corrected chi connectivity index (χ3v) is 3.99. The van der Waals surface area contributed by atoms with E-state index in [1.165, 1.54) is 12.1 Å². The molecule has 0 amide bonds. The van der Waals surface area contributed by atoms with Gasteiger partial charge in [-0.2, -0.15) is 0 Å². The van der Waals surface area contributed by atoms with Crippen molar-refractivity contribution in [2.45, 2.75) is 24.7 Å². The fraction of sp³-hybridized carbons (Fsp3) is 0.400. The Hall–Kier alpha value is -0.460. The third kappa shape index (κ3) is 3.54. The van der Waals surface area contributed by atoms with Gasteiger partial charge in [-0.3, -0.25) is 0 Å². The third-order valence-electron chi connectivity index (χ3n) is 2.01. The van der Waals surface area contributed by atoms with Crippen LogP contribution in [0.5, 0.6) is 0 Å². The summed E-state index contributed by atoms with van der Waals surface area (Å²) in [7, 11) is -3.73. The summed E-state index contributed by atoms with van der Waals surface area (Å²) in [6, 6.07) is 3.87. The van der Waals surface area contributed by atoms with Crippen molar-refractivity contribution in [3.8, 4) is 0 Å². The Morgan fingerprint density at radius 3 is 2.69 bits per heavy atom. The first-order chi connectivity index (χ1) is 7.47. The van der Waals surface area contributed by atoms with Gasteiger partial charge in [0.25, 0.3) is 0 Å². The molecule has 0 aliphatic carbocycles. The summed E-state index contributed by atoms with van der Waals surface area (Å²) in [6.07, 6.45) is 1.61. The molecule has 1 aromatic rings. The van der Waals surface area contributed by atoms with E-state index >= 15 is 0 Å². The summed E-state index contributed by atoms with van der Waals surface area (Å²) in [5.41, 5.74) is 0. The molecule has 0 aromatic heterocycles. The molecular formula is C10H13BrFNO2S. The van der Waals surface area contributed by atoms with E-state index in [9.17, 15) is 12.8 Å². The zero-order valence-electron chi connectivity index (χ0n) is 8.83. The number of nitrogens with one attached hydrogen (secondary N) is 1. The van der Waals surface area contributed by atoms with Crippen LogP contribution in [0.15, 0.2) is 27.6 Å². The Labute approximate surface area is 103 Å². The van der Waals surface area contributed by atoms with Gasteiger partial charge in [0.1, 0.15) is 10.7 Å². The molecule has 0 spiro atoms. The molecule has 0 radical (unpaired) electrons. The molecule has 0 heterocycles. The van der Waals surface area contributed by atoms with E-state index in [2.05, 4.69) is 20.7 Å². The lowest BCUT2D eigenvalue weighted by Crippen LogP contribution is -2.25. The molecule has 1 rings (SSSR count). The van der Waals surface area contributed by atoms with E-state index < -0.39 is 15.8 Å². The standard InChI is InChI=1S/C10H13BrFNO2S/c1-2-3-6-13-16(14,15)10-5-4-8(11)7-9(10)12/h4-5,7,13H,2-3,6H2,1H3. The second-order valence-electron chi connectivity index (χ2n) is 3.33. The van der Waals surface area contributed by atoms with Crippen LogP contribution < -0.4 is 4.72 Å². The van der Waals surface area contributed by atoms with Gasteiger partial charge in [-0.15, -0.1) is 0 Å². The highest BCUT2D eigenvalue weighted by Gasteiger charge is 2.18. The van der Waals surface area contributed by atoms with Crippen LogP contribution in [0.25, 0.3) is 0 Å². The molecule has 0 bridgehead atoms. The van der Waals surface area contributed by atoms with Crippen LogP contribution in [0.3, 0.4) is 0 Å². The summed E-state index contributed by atoms with van der Waals surface area (Å²) in [6.45, 7) is 2.28. The molecule has 6 heteroatoms. The predicted octanol–water partition coefficient (Wildman–Crippen LogP) is 2.67. The Morgan fingerprint density at radius 1 is 1.44 bits per heavy atom. The normalized spacial score (nSPS) is 11.7. The van der Waals surface area contributed by atoms with Gasteiger partial charge in [-0.25, -0.2) is 17.5 Å². The van der Waals surface area contributed by atoms with Crippen LogP contribution in [-0.2, 0) is 10.0 Å². The average molecular weight is 310 g/mol. The quantitative estimate of drug-likeness (QED) is 0.850. The van der Waals surface area contributed by atoms with Crippen LogP contribution in [-0.4, -0.2) is 15.0 Å². The summed E-state index contributed by atoms with van der Waals surface area (Å²) in [4.78, 5) is -0.313. The number of hydrogen-bond acceptors (Lipinski definition) is 2. The number of benzene rings is 1. The first-order valence-corrected chi connectivity index (χ1v) is 7.19. The second kappa shape index (κ2) is 5.75. The molecule has 3 nitrogen and oxygen atoms in total. The minimum atomic E-state index is -3.73. The zero-order chi connectivity index (χ0) is 12.2. The summed E-state index contributed by atoms with van der Waals surface area (Å²) in [5.74, 6) is -0.752. The van der Waals surface area contributed by atoms with Crippen molar-refractivity contribution in [1.82, 2.24) is 4.72 Å². The summed E-state index contributed by atoms with van der Waals surface area (Å²) >= 11 is 3.07. The maximum absolute atomic E-state index is 13.4. The fourth-order valence-electron chi connectivity index (χ4n) is 1.15. The molecule has 1 aromatic carbocycles. The monoisotopic (exact) mass is 309 g/mol. The van der Waals surface area contributed by atoms with Crippen LogP contribution >= 0.6 is 15.9 Å². The molecule has 0 saturated carbocycles. The minimum absolute atomic E-state index is 0.313. The number of rotatable bonds is 5. The molecule has 90 valence electrons. The van der Waals surface area contributed by atoms with E-state index in [0.717, 1.165) is 18.9 Å². The molecule has 0 saturated heterocycles. The highest BCUT2D eigenvalue weighted by atomic mass is 79.9. The maximum atomic E-state index is 13.4. The molecular weight excluding hydrogens is 297 g/mol. The predicted molar refractivity (Wildman–Crippen MR) is 64.2 cm³/mol. The van der Waals surface area contributed by atoms with E-state index in [1.54, 1.807) is 0 Å². The Morgan fingerprint density at radius 2 is 2.12 bits per heavy atom. The van der Waals surface area contributed by atoms with Crippen molar-refractivity contribution in [1.29, 1.82) is 0 Å². The highest BCUT2D eigenvalue weighted by Crippen LogP contribution is 2.19. The summed E-state index contributed by atoms with van der Waals surface area (Å²) in [5, 5.41) is 0. The molecule has 0 fully saturated rings. The smallest absolute Gasteiger partial charge is 0.211 e. The highest BCUT2D eigenvalue weighted by molar-refractivity contribution is 9.10. The number of unbranched alkanes of at least 4 members (excludes halogenated alkanes) is 1. The lowest BCUT2D eigenvalue weighted by Gasteiger charge is -2.07. The lowest BCUT2D eigenvalue weighted by molar-refractivity contribution is 0.554. The van der Waals surface area contributed by atoms with Gasteiger partial charge in [0.15, 0.2) is 0 Å². The van der Waals surface area contributed by atoms with E-state index in [0.29, 0.717) is 11.0 Å². The minimum Gasteiger partial charge on any atom is -0.211 e. The van der Waals surface area contributed by atoms with Gasteiger partial charge in [0.05, 0.1) is 0 Å². The van der Waals surface area contributed by atoms with E-state index in [-0.39, 0.29) is 4.90 Å². The Bertz CT molecular complexity index is 462. The van der Waals surface area contributed by atoms with E-state index in [4.69, 9.17) is 0 Å². The van der Waals surface area contributed by atoms with Gasteiger partial charge in [-0.1, -0.05) is 29.3 Å². The largest absolute Gasteiger partial charge is 0.243 e. The van der Waals surface area contributed by atoms with Crippen molar-refractivity contribution in [2.75, 3.05) is 6.54 Å². The Balaban J connectivity index is 2.90. The van der Waals surface area contributed by atoms with Crippen molar-refractivity contribution in [3.05, 3.63) is 28.5 Å². The van der Waals surface area contributed by atoms with Crippen molar-refractivity contribution in [2.24, 2.45) is 0 Å². The Kier molecular flexibility index (Phi) is 4.89. The molecule has 1 N–H and O–H groups in total. The summed E-state index contributed by atoms with van der Waals surface area (Å²) < 4.78 is 39.6. The molecule has 16 heavy (non-hydrogen) atoms. The van der Waals surface area contributed by atoms with Gasteiger partial charge in [-0.05, 0) is 24.6 Å². The zero-order valence-corrected chi connectivity index (χ0v) is 11.2. The van der Waals surface area contributed by atoms with Gasteiger partial charge >= 0.3 is 0 Å². The van der Waals surface area contributed by atoms with Gasteiger partial charge in [0, 0.05) is 11.0 Å². The first-order valence-electron chi connectivity index (χ1n) is 4.92. The second-order valence-corrected chi connectivity index (χ2v) is 5.98. The van der Waals surface area contributed by atoms with Crippen LogP contribution in [0, 0.1) is 5.82 Å². The van der Waals surface area contributed by atoms with E-state index in [1.807, 2.05) is 6.92 Å². The molecule has 0 atom stereocenters. The molecule has 0 aliphatic heterocycles. The molecule has 0 unspecified atom stereocenters. The number of hydrogen-bond donors (Lipinski definition) is 1. The maximum Gasteiger partial charge on any atom is 0.243 e.